The lowest BCUT2D eigenvalue weighted by Gasteiger charge is -2.00. The zero-order chi connectivity index (χ0) is 5.82. The highest BCUT2D eigenvalue weighted by molar-refractivity contribution is 7.17. The molecule has 0 heterocycles. The molecule has 0 aliphatic heterocycles. The van der Waals surface area contributed by atoms with Gasteiger partial charge in [-0.05, 0) is 12.8 Å². The molecule has 0 amide bonds. The number of hydrogen-bond acceptors (Lipinski definition) is 2. The summed E-state index contributed by atoms with van der Waals surface area (Å²) in [4.78, 5) is 0. The fraction of sp³-hybridized carbons (Fsp3) is 1.00. The molecule has 1 aliphatic carbocycles. The van der Waals surface area contributed by atoms with Crippen LogP contribution in [-0.2, 0) is 9.09 Å². The van der Waals surface area contributed by atoms with E-state index in [1.54, 1.807) is 0 Å². The Labute approximate surface area is 50.5 Å². The van der Waals surface area contributed by atoms with Crippen molar-refractivity contribution >= 4 is 8.69 Å². The van der Waals surface area contributed by atoms with Crippen molar-refractivity contribution in [2.75, 3.05) is 0 Å². The van der Waals surface area contributed by atoms with Crippen molar-refractivity contribution in [2.45, 2.75) is 31.8 Å². The summed E-state index contributed by atoms with van der Waals surface area (Å²) in [6, 6.07) is 0. The first-order chi connectivity index (χ1) is 3.93. The lowest BCUT2D eigenvalue weighted by Crippen LogP contribution is -1.97. The zero-order valence-electron chi connectivity index (χ0n) is 4.72. The second-order valence-corrected chi connectivity index (χ2v) is 2.51. The van der Waals surface area contributed by atoms with Gasteiger partial charge in [0.25, 0.3) is 0 Å². The maximum absolute atomic E-state index is 9.89. The topological polar surface area (TPSA) is 26.3 Å². The summed E-state index contributed by atoms with van der Waals surface area (Å²) in [6.45, 7) is 0. The van der Waals surface area contributed by atoms with E-state index in [-0.39, 0.29) is 0 Å². The SMILES string of the molecule is O=[PH]OC1CCCC1. The van der Waals surface area contributed by atoms with Gasteiger partial charge in [0.2, 0.25) is 0 Å². The van der Waals surface area contributed by atoms with Crippen LogP contribution in [0, 0.1) is 0 Å². The van der Waals surface area contributed by atoms with Gasteiger partial charge in [0, 0.05) is 0 Å². The monoisotopic (exact) mass is 133 g/mol. The van der Waals surface area contributed by atoms with E-state index in [0.717, 1.165) is 12.8 Å². The summed E-state index contributed by atoms with van der Waals surface area (Å²) in [5.41, 5.74) is 0. The van der Waals surface area contributed by atoms with Gasteiger partial charge in [-0.3, -0.25) is 4.57 Å². The number of hydrogen-bond donors (Lipinski definition) is 0. The Balaban J connectivity index is 2.14. The first kappa shape index (κ1) is 6.18. The molecule has 0 N–H and O–H groups in total. The van der Waals surface area contributed by atoms with E-state index in [9.17, 15) is 4.57 Å². The average molecular weight is 133 g/mol. The second kappa shape index (κ2) is 3.16. The smallest absolute Gasteiger partial charge is 0.198 e. The van der Waals surface area contributed by atoms with Gasteiger partial charge < -0.3 is 4.52 Å². The van der Waals surface area contributed by atoms with Crippen LogP contribution in [0.25, 0.3) is 0 Å². The average Bonchev–Trinajstić information content (AvgIpc) is 2.19. The molecule has 1 atom stereocenters. The molecule has 8 heavy (non-hydrogen) atoms. The number of rotatable bonds is 2. The Hall–Kier alpha value is 0.0600. The summed E-state index contributed by atoms with van der Waals surface area (Å²) in [5.74, 6) is 0. The van der Waals surface area contributed by atoms with Gasteiger partial charge in [-0.25, -0.2) is 0 Å². The molecule has 3 heteroatoms. The van der Waals surface area contributed by atoms with Crippen LogP contribution in [0.4, 0.5) is 0 Å². The molecule has 0 aromatic carbocycles. The Morgan fingerprint density at radius 3 is 2.50 bits per heavy atom. The summed E-state index contributed by atoms with van der Waals surface area (Å²) in [7, 11) is -0.558. The van der Waals surface area contributed by atoms with Gasteiger partial charge in [0.1, 0.15) is 0 Å². The molecule has 1 fully saturated rings. The van der Waals surface area contributed by atoms with Crippen LogP contribution in [0.2, 0.25) is 0 Å². The third-order valence-electron chi connectivity index (χ3n) is 1.52. The summed E-state index contributed by atoms with van der Waals surface area (Å²) >= 11 is 0. The highest BCUT2D eigenvalue weighted by atomic mass is 31.1. The van der Waals surface area contributed by atoms with Crippen molar-refractivity contribution in [3.8, 4) is 0 Å². The molecule has 47 valence electrons. The highest BCUT2D eigenvalue weighted by Crippen LogP contribution is 2.23. The van der Waals surface area contributed by atoms with Crippen LogP contribution in [0.1, 0.15) is 25.7 Å². The van der Waals surface area contributed by atoms with Crippen LogP contribution in [0.3, 0.4) is 0 Å². The van der Waals surface area contributed by atoms with Crippen molar-refractivity contribution in [1.29, 1.82) is 0 Å². The molecule has 1 saturated carbocycles. The molecule has 1 rings (SSSR count). The third-order valence-corrected chi connectivity index (χ3v) is 1.95. The maximum atomic E-state index is 9.89. The molecule has 1 unspecified atom stereocenters. The van der Waals surface area contributed by atoms with Crippen molar-refractivity contribution < 1.29 is 9.09 Å². The third kappa shape index (κ3) is 1.53. The lowest BCUT2D eigenvalue weighted by molar-refractivity contribution is 0.232. The van der Waals surface area contributed by atoms with E-state index in [1.165, 1.54) is 12.8 Å². The Morgan fingerprint density at radius 2 is 2.00 bits per heavy atom. The lowest BCUT2D eigenvalue weighted by atomic mass is 10.3. The van der Waals surface area contributed by atoms with Gasteiger partial charge >= 0.3 is 0 Å². The molecule has 0 aromatic heterocycles. The Morgan fingerprint density at radius 1 is 1.38 bits per heavy atom. The predicted molar refractivity (Wildman–Crippen MR) is 32.3 cm³/mol. The van der Waals surface area contributed by atoms with Gasteiger partial charge in [-0.1, -0.05) is 12.8 Å². The van der Waals surface area contributed by atoms with Crippen LogP contribution in [0.15, 0.2) is 0 Å². The maximum Gasteiger partial charge on any atom is 0.198 e. The van der Waals surface area contributed by atoms with Crippen LogP contribution in [-0.4, -0.2) is 6.10 Å². The molecule has 1 aliphatic rings. The van der Waals surface area contributed by atoms with E-state index in [0.29, 0.717) is 6.10 Å². The summed E-state index contributed by atoms with van der Waals surface area (Å²) in [5, 5.41) is 0. The van der Waals surface area contributed by atoms with Crippen molar-refractivity contribution in [1.82, 2.24) is 0 Å². The largest absolute Gasteiger partial charge is 0.303 e. The Bertz CT molecular complexity index is 78.5. The predicted octanol–water partition coefficient (Wildman–Crippen LogP) is 1.88. The first-order valence-corrected chi connectivity index (χ1v) is 3.78. The normalized spacial score (nSPS) is 22.5. The van der Waals surface area contributed by atoms with Gasteiger partial charge in [-0.15, -0.1) is 0 Å². The molecule has 0 bridgehead atoms. The standard InChI is InChI=1S/C5H10O2P/c6-8-7-5-3-1-2-4-5/h5,8H,1-4H2. The molecule has 0 saturated heterocycles. The summed E-state index contributed by atoms with van der Waals surface area (Å²) < 4.78 is 14.8. The fourth-order valence-electron chi connectivity index (χ4n) is 1.07. The van der Waals surface area contributed by atoms with Crippen molar-refractivity contribution in [2.24, 2.45) is 0 Å². The summed E-state index contributed by atoms with van der Waals surface area (Å²) in [6.07, 6.45) is 5.01. The van der Waals surface area contributed by atoms with Crippen LogP contribution in [0.5, 0.6) is 0 Å². The van der Waals surface area contributed by atoms with E-state index in [2.05, 4.69) is 0 Å². The molecule has 0 spiro atoms. The highest BCUT2D eigenvalue weighted by Gasteiger charge is 2.14. The van der Waals surface area contributed by atoms with Gasteiger partial charge in [-0.2, -0.15) is 0 Å². The molecular formula is C5H10O2P. The minimum Gasteiger partial charge on any atom is -0.303 e. The first-order valence-electron chi connectivity index (χ1n) is 2.96. The molecule has 0 aromatic rings. The van der Waals surface area contributed by atoms with E-state index < -0.39 is 8.69 Å². The second-order valence-electron chi connectivity index (χ2n) is 2.11. The van der Waals surface area contributed by atoms with E-state index in [4.69, 9.17) is 4.52 Å². The van der Waals surface area contributed by atoms with Crippen LogP contribution >= 0.6 is 8.69 Å². The molecule has 1 radical (unpaired) electrons. The minimum atomic E-state index is -0.558. The van der Waals surface area contributed by atoms with Crippen LogP contribution < -0.4 is 0 Å². The van der Waals surface area contributed by atoms with Crippen molar-refractivity contribution in [3.05, 3.63) is 0 Å². The quantitative estimate of drug-likeness (QED) is 0.537. The molecular weight excluding hydrogens is 123 g/mol. The minimum absolute atomic E-state index is 0.311. The van der Waals surface area contributed by atoms with E-state index >= 15 is 0 Å². The Kier molecular flexibility index (Phi) is 2.44. The van der Waals surface area contributed by atoms with Gasteiger partial charge in [0.05, 0.1) is 6.10 Å². The molecule has 2 nitrogen and oxygen atoms in total. The fourth-order valence-corrected chi connectivity index (χ4v) is 1.45. The van der Waals surface area contributed by atoms with E-state index in [1.807, 2.05) is 0 Å². The van der Waals surface area contributed by atoms with Crippen molar-refractivity contribution in [3.63, 3.8) is 0 Å². The zero-order valence-corrected chi connectivity index (χ0v) is 5.72. The van der Waals surface area contributed by atoms with Gasteiger partial charge in [0.15, 0.2) is 8.69 Å².